The lowest BCUT2D eigenvalue weighted by atomic mass is 9.98. The van der Waals surface area contributed by atoms with Crippen molar-refractivity contribution in [3.63, 3.8) is 0 Å². The van der Waals surface area contributed by atoms with E-state index in [9.17, 15) is 9.18 Å². The second kappa shape index (κ2) is 10.0. The molecule has 27 heavy (non-hydrogen) atoms. The number of benzene rings is 1. The van der Waals surface area contributed by atoms with E-state index in [2.05, 4.69) is 20.6 Å². The topological polar surface area (TPSA) is 92.4 Å². The van der Waals surface area contributed by atoms with Crippen molar-refractivity contribution in [3.05, 3.63) is 51.2 Å². The van der Waals surface area contributed by atoms with Gasteiger partial charge in [-0.1, -0.05) is 12.1 Å². The van der Waals surface area contributed by atoms with Crippen molar-refractivity contribution in [3.8, 4) is 0 Å². The summed E-state index contributed by atoms with van der Waals surface area (Å²) in [5.41, 5.74) is 7.42. The van der Waals surface area contributed by atoms with Crippen LogP contribution >= 0.6 is 11.3 Å². The number of guanidine groups is 1. The summed E-state index contributed by atoms with van der Waals surface area (Å²) in [6, 6.07) is 6.09. The molecular formula is C19H26FN5OS. The molecule has 1 aromatic carbocycles. The molecule has 1 atom stereocenters. The summed E-state index contributed by atoms with van der Waals surface area (Å²) < 4.78 is 13.0. The number of carbonyl (C=O) groups excluding carboxylic acids is 1. The highest BCUT2D eigenvalue weighted by atomic mass is 32.1. The second-order valence-corrected chi connectivity index (χ2v) is 7.54. The molecule has 146 valence electrons. The largest absolute Gasteiger partial charge is 0.369 e. The zero-order valence-electron chi connectivity index (χ0n) is 15.9. The van der Waals surface area contributed by atoms with Crippen LogP contribution in [-0.4, -0.2) is 29.9 Å². The molecule has 1 heterocycles. The van der Waals surface area contributed by atoms with Crippen LogP contribution in [0, 0.1) is 25.6 Å². The van der Waals surface area contributed by atoms with Gasteiger partial charge in [0.1, 0.15) is 10.8 Å². The molecule has 6 nitrogen and oxygen atoms in total. The Balaban J connectivity index is 1.99. The highest BCUT2D eigenvalue weighted by Crippen LogP contribution is 2.17. The van der Waals surface area contributed by atoms with E-state index in [0.717, 1.165) is 16.3 Å². The Morgan fingerprint density at radius 3 is 2.56 bits per heavy atom. The number of amides is 1. The quantitative estimate of drug-likeness (QED) is 0.476. The Morgan fingerprint density at radius 1 is 1.30 bits per heavy atom. The van der Waals surface area contributed by atoms with Crippen LogP contribution in [0.4, 0.5) is 4.39 Å². The molecule has 1 unspecified atom stereocenters. The van der Waals surface area contributed by atoms with E-state index in [1.54, 1.807) is 23.5 Å². The molecule has 0 bridgehead atoms. The molecule has 8 heteroatoms. The average molecular weight is 392 g/mol. The van der Waals surface area contributed by atoms with Gasteiger partial charge < -0.3 is 16.4 Å². The van der Waals surface area contributed by atoms with E-state index in [1.807, 2.05) is 20.8 Å². The average Bonchev–Trinajstić information content (AvgIpc) is 2.95. The zero-order chi connectivity index (χ0) is 19.8. The molecule has 2 rings (SSSR count). The first-order chi connectivity index (χ1) is 12.9. The van der Waals surface area contributed by atoms with Crippen molar-refractivity contribution in [2.45, 2.75) is 33.7 Å². The third kappa shape index (κ3) is 6.63. The van der Waals surface area contributed by atoms with Gasteiger partial charge in [-0.05, 0) is 44.9 Å². The Kier molecular flexibility index (Phi) is 7.72. The number of halogens is 1. The summed E-state index contributed by atoms with van der Waals surface area (Å²) in [6.45, 7) is 7.49. The van der Waals surface area contributed by atoms with Crippen LogP contribution in [0.3, 0.4) is 0 Å². The molecule has 0 saturated heterocycles. The number of nitrogens with one attached hydrogen (secondary N) is 2. The van der Waals surface area contributed by atoms with E-state index in [0.29, 0.717) is 32.0 Å². The van der Waals surface area contributed by atoms with Gasteiger partial charge in [0, 0.05) is 18.0 Å². The maximum Gasteiger partial charge on any atom is 0.222 e. The van der Waals surface area contributed by atoms with Crippen LogP contribution in [-0.2, 0) is 17.8 Å². The fourth-order valence-corrected chi connectivity index (χ4v) is 3.35. The number of carbonyl (C=O) groups is 1. The van der Waals surface area contributed by atoms with Crippen LogP contribution in [0.15, 0.2) is 29.3 Å². The summed E-state index contributed by atoms with van der Waals surface area (Å²) in [5, 5.41) is 7.26. The smallest absolute Gasteiger partial charge is 0.222 e. The molecule has 0 aliphatic carbocycles. The monoisotopic (exact) mass is 391 g/mol. The zero-order valence-corrected chi connectivity index (χ0v) is 16.7. The van der Waals surface area contributed by atoms with Crippen molar-refractivity contribution in [1.29, 1.82) is 0 Å². The predicted molar refractivity (Wildman–Crippen MR) is 107 cm³/mol. The van der Waals surface area contributed by atoms with Gasteiger partial charge in [-0.15, -0.1) is 11.3 Å². The first-order valence-electron chi connectivity index (χ1n) is 8.87. The highest BCUT2D eigenvalue weighted by Gasteiger charge is 2.17. The van der Waals surface area contributed by atoms with Gasteiger partial charge >= 0.3 is 0 Å². The van der Waals surface area contributed by atoms with Gasteiger partial charge in [-0.3, -0.25) is 4.79 Å². The second-order valence-electron chi connectivity index (χ2n) is 6.26. The molecule has 0 saturated carbocycles. The van der Waals surface area contributed by atoms with Crippen LogP contribution in [0.25, 0.3) is 0 Å². The molecule has 1 aromatic heterocycles. The number of hydrogen-bond acceptors (Lipinski definition) is 4. The third-order valence-electron chi connectivity index (χ3n) is 4.10. The minimum atomic E-state index is -0.427. The summed E-state index contributed by atoms with van der Waals surface area (Å²) in [4.78, 5) is 22.0. The number of primary amides is 1. The molecule has 0 aliphatic heterocycles. The Morgan fingerprint density at radius 2 is 2.00 bits per heavy atom. The van der Waals surface area contributed by atoms with Gasteiger partial charge in [0.25, 0.3) is 0 Å². The first kappa shape index (κ1) is 20.8. The van der Waals surface area contributed by atoms with Crippen molar-refractivity contribution in [1.82, 2.24) is 15.6 Å². The molecular weight excluding hydrogens is 365 g/mol. The third-order valence-corrected chi connectivity index (χ3v) is 5.16. The van der Waals surface area contributed by atoms with Crippen molar-refractivity contribution in [2.75, 3.05) is 13.1 Å². The van der Waals surface area contributed by atoms with E-state index < -0.39 is 11.8 Å². The predicted octanol–water partition coefficient (Wildman–Crippen LogP) is 2.30. The van der Waals surface area contributed by atoms with Crippen LogP contribution < -0.4 is 16.4 Å². The number of hydrogen-bond donors (Lipinski definition) is 3. The van der Waals surface area contributed by atoms with Crippen LogP contribution in [0.1, 0.15) is 28.1 Å². The molecule has 0 spiro atoms. The minimum Gasteiger partial charge on any atom is -0.369 e. The number of aromatic nitrogens is 1. The van der Waals surface area contributed by atoms with E-state index in [1.165, 1.54) is 17.0 Å². The summed E-state index contributed by atoms with van der Waals surface area (Å²) >= 11 is 1.63. The standard InChI is InChI=1S/C19H26FN5OS/c1-4-22-19(24-11-17-25-12(2)13(3)27-17)23-10-15(18(21)26)9-14-5-7-16(20)8-6-14/h5-8,15H,4,9-11H2,1-3H3,(H2,21,26)(H2,22,23,24). The van der Waals surface area contributed by atoms with Crippen molar-refractivity contribution in [2.24, 2.45) is 16.6 Å². The van der Waals surface area contributed by atoms with E-state index in [4.69, 9.17) is 5.73 Å². The first-order valence-corrected chi connectivity index (χ1v) is 9.69. The van der Waals surface area contributed by atoms with E-state index >= 15 is 0 Å². The number of aliphatic imine (C=N–C) groups is 1. The molecule has 0 fully saturated rings. The van der Waals surface area contributed by atoms with Gasteiger partial charge in [0.05, 0.1) is 18.2 Å². The molecule has 1 amide bonds. The lowest BCUT2D eigenvalue weighted by Crippen LogP contribution is -2.43. The van der Waals surface area contributed by atoms with Crippen molar-refractivity contribution >= 4 is 23.2 Å². The summed E-state index contributed by atoms with van der Waals surface area (Å²) in [6.07, 6.45) is 0.437. The summed E-state index contributed by atoms with van der Waals surface area (Å²) in [7, 11) is 0. The van der Waals surface area contributed by atoms with Gasteiger partial charge in [0.15, 0.2) is 5.96 Å². The van der Waals surface area contributed by atoms with Gasteiger partial charge in [0.2, 0.25) is 5.91 Å². The van der Waals surface area contributed by atoms with Crippen LogP contribution in [0.5, 0.6) is 0 Å². The van der Waals surface area contributed by atoms with Crippen LogP contribution in [0.2, 0.25) is 0 Å². The van der Waals surface area contributed by atoms with Crippen molar-refractivity contribution < 1.29 is 9.18 Å². The summed E-state index contributed by atoms with van der Waals surface area (Å²) in [5.74, 6) is -0.535. The SMILES string of the molecule is CCNC(=NCc1nc(C)c(C)s1)NCC(Cc1ccc(F)cc1)C(N)=O. The molecule has 2 aromatic rings. The van der Waals surface area contributed by atoms with Gasteiger partial charge in [-0.2, -0.15) is 0 Å². The highest BCUT2D eigenvalue weighted by molar-refractivity contribution is 7.11. The fraction of sp³-hybridized carbons (Fsp3) is 0.421. The van der Waals surface area contributed by atoms with Gasteiger partial charge in [-0.25, -0.2) is 14.4 Å². The van der Waals surface area contributed by atoms with E-state index in [-0.39, 0.29) is 5.82 Å². The maximum atomic E-state index is 13.0. The molecule has 0 radical (unpaired) electrons. The number of nitrogens with two attached hydrogens (primary N) is 1. The normalized spacial score (nSPS) is 12.7. The number of aryl methyl sites for hydroxylation is 2. The number of thiazole rings is 1. The number of nitrogens with zero attached hydrogens (tertiary/aromatic N) is 2. The fourth-order valence-electron chi connectivity index (χ4n) is 2.49. The Bertz CT molecular complexity index is 768. The molecule has 4 N–H and O–H groups in total. The molecule has 0 aliphatic rings. The maximum absolute atomic E-state index is 13.0. The Labute approximate surface area is 163 Å². The minimum absolute atomic E-state index is 0.304. The lowest BCUT2D eigenvalue weighted by Gasteiger charge is -2.17. The Hall–Kier alpha value is -2.48. The lowest BCUT2D eigenvalue weighted by molar-refractivity contribution is -0.121. The number of rotatable bonds is 8.